The lowest BCUT2D eigenvalue weighted by atomic mass is 9.85. The van der Waals surface area contributed by atoms with E-state index in [-0.39, 0.29) is 11.9 Å². The molecule has 0 spiro atoms. The van der Waals surface area contributed by atoms with Crippen molar-refractivity contribution < 1.29 is 4.79 Å². The van der Waals surface area contributed by atoms with Crippen molar-refractivity contribution in [3.63, 3.8) is 0 Å². The van der Waals surface area contributed by atoms with Gasteiger partial charge in [-0.05, 0) is 25.2 Å². The fraction of sp³-hybridized carbons (Fsp3) is 0.938. The Bertz CT molecular complexity index is 266. The van der Waals surface area contributed by atoms with E-state index in [0.29, 0.717) is 12.0 Å². The second kappa shape index (κ2) is 7.88. The quantitative estimate of drug-likeness (QED) is 0.768. The van der Waals surface area contributed by atoms with Crippen LogP contribution in [0.25, 0.3) is 0 Å². The molecule has 1 unspecified atom stereocenters. The average Bonchev–Trinajstić information content (AvgIpc) is 2.68. The van der Waals surface area contributed by atoms with Gasteiger partial charge < -0.3 is 11.1 Å². The van der Waals surface area contributed by atoms with Crippen molar-refractivity contribution in [3.05, 3.63) is 0 Å². The van der Waals surface area contributed by atoms with Gasteiger partial charge in [0.05, 0.1) is 6.04 Å². The summed E-state index contributed by atoms with van der Waals surface area (Å²) in [6.45, 7) is 0. The van der Waals surface area contributed by atoms with Crippen LogP contribution in [0.4, 0.5) is 0 Å². The van der Waals surface area contributed by atoms with Gasteiger partial charge in [-0.1, -0.05) is 57.8 Å². The highest BCUT2D eigenvalue weighted by molar-refractivity contribution is 5.81. The molecule has 2 rings (SSSR count). The van der Waals surface area contributed by atoms with Gasteiger partial charge in [0, 0.05) is 6.04 Å². The highest BCUT2D eigenvalue weighted by Crippen LogP contribution is 2.27. The molecule has 0 radical (unpaired) electrons. The molecule has 1 atom stereocenters. The Morgan fingerprint density at radius 2 is 1.47 bits per heavy atom. The molecule has 3 heteroatoms. The minimum absolute atomic E-state index is 0.0949. The first-order chi connectivity index (χ1) is 9.25. The van der Waals surface area contributed by atoms with Crippen LogP contribution in [0, 0.1) is 5.92 Å². The van der Waals surface area contributed by atoms with Crippen molar-refractivity contribution in [3.8, 4) is 0 Å². The molecule has 2 fully saturated rings. The summed E-state index contributed by atoms with van der Waals surface area (Å²) in [5.41, 5.74) is 6.09. The zero-order valence-corrected chi connectivity index (χ0v) is 12.2. The summed E-state index contributed by atoms with van der Waals surface area (Å²) < 4.78 is 0. The lowest BCUT2D eigenvalue weighted by Crippen LogP contribution is -2.46. The molecule has 3 N–H and O–H groups in total. The molecule has 3 nitrogen and oxygen atoms in total. The third-order valence-corrected chi connectivity index (χ3v) is 4.85. The average molecular weight is 266 g/mol. The van der Waals surface area contributed by atoms with E-state index in [0.717, 1.165) is 19.3 Å². The maximum absolute atomic E-state index is 12.2. The van der Waals surface area contributed by atoms with Crippen molar-refractivity contribution >= 4 is 5.91 Å². The summed E-state index contributed by atoms with van der Waals surface area (Å²) in [7, 11) is 0. The second-order valence-electron chi connectivity index (χ2n) is 6.54. The maximum atomic E-state index is 12.2. The summed E-state index contributed by atoms with van der Waals surface area (Å²) in [6, 6.07) is 0.0961. The summed E-state index contributed by atoms with van der Waals surface area (Å²) in [5.74, 6) is 0.779. The smallest absolute Gasteiger partial charge is 0.237 e. The number of carbonyl (C=O) groups is 1. The van der Waals surface area contributed by atoms with Crippen LogP contribution in [0.15, 0.2) is 0 Å². The zero-order chi connectivity index (χ0) is 13.5. The van der Waals surface area contributed by atoms with Gasteiger partial charge in [0.15, 0.2) is 0 Å². The number of nitrogens with two attached hydrogens (primary N) is 1. The third kappa shape index (κ3) is 5.13. The minimum atomic E-state index is -0.286. The van der Waals surface area contributed by atoms with Crippen molar-refractivity contribution in [2.24, 2.45) is 11.7 Å². The molecule has 0 saturated heterocycles. The zero-order valence-electron chi connectivity index (χ0n) is 12.2. The highest BCUT2D eigenvalue weighted by Gasteiger charge is 2.23. The molecule has 2 aliphatic carbocycles. The van der Waals surface area contributed by atoms with Crippen molar-refractivity contribution in [2.75, 3.05) is 0 Å². The predicted octanol–water partition coefficient (Wildman–Crippen LogP) is 3.12. The number of amides is 1. The monoisotopic (exact) mass is 266 g/mol. The van der Waals surface area contributed by atoms with Crippen LogP contribution in [-0.2, 0) is 4.79 Å². The normalized spacial score (nSPS) is 24.7. The first kappa shape index (κ1) is 14.8. The second-order valence-corrected chi connectivity index (χ2v) is 6.54. The Balaban J connectivity index is 1.71. The molecule has 0 aliphatic heterocycles. The van der Waals surface area contributed by atoms with Gasteiger partial charge in [-0.25, -0.2) is 0 Å². The van der Waals surface area contributed by atoms with E-state index in [9.17, 15) is 4.79 Å². The summed E-state index contributed by atoms with van der Waals surface area (Å²) in [4.78, 5) is 12.2. The van der Waals surface area contributed by atoms with Gasteiger partial charge in [0.25, 0.3) is 0 Å². The summed E-state index contributed by atoms with van der Waals surface area (Å²) in [5, 5.41) is 3.18. The molecular formula is C16H30N2O. The van der Waals surface area contributed by atoms with Crippen molar-refractivity contribution in [1.82, 2.24) is 5.32 Å². The van der Waals surface area contributed by atoms with Gasteiger partial charge in [-0.15, -0.1) is 0 Å². The van der Waals surface area contributed by atoms with Gasteiger partial charge in [-0.2, -0.15) is 0 Å². The van der Waals surface area contributed by atoms with E-state index in [1.54, 1.807) is 0 Å². The lowest BCUT2D eigenvalue weighted by molar-refractivity contribution is -0.123. The highest BCUT2D eigenvalue weighted by atomic mass is 16.2. The molecule has 0 aromatic heterocycles. The molecule has 0 heterocycles. The molecule has 0 aromatic carbocycles. The number of nitrogens with one attached hydrogen (secondary N) is 1. The summed E-state index contributed by atoms with van der Waals surface area (Å²) >= 11 is 0. The SMILES string of the molecule is NC(CC1CCCCC1)C(=O)NC1CCCCCC1. The van der Waals surface area contributed by atoms with Crippen LogP contribution in [0.2, 0.25) is 0 Å². The van der Waals surface area contributed by atoms with E-state index in [1.807, 2.05) is 0 Å². The van der Waals surface area contributed by atoms with Crippen molar-refractivity contribution in [1.29, 1.82) is 0 Å². The van der Waals surface area contributed by atoms with E-state index < -0.39 is 0 Å². The Kier molecular flexibility index (Phi) is 6.15. The van der Waals surface area contributed by atoms with Crippen LogP contribution in [0.5, 0.6) is 0 Å². The minimum Gasteiger partial charge on any atom is -0.352 e. The molecule has 1 amide bonds. The van der Waals surface area contributed by atoms with E-state index in [4.69, 9.17) is 5.73 Å². The number of hydrogen-bond donors (Lipinski definition) is 2. The van der Waals surface area contributed by atoms with Crippen LogP contribution in [0.3, 0.4) is 0 Å². The van der Waals surface area contributed by atoms with Gasteiger partial charge in [0.1, 0.15) is 0 Å². The molecular weight excluding hydrogens is 236 g/mol. The Hall–Kier alpha value is -0.570. The molecule has 2 aliphatic rings. The molecule has 0 aromatic rings. The van der Waals surface area contributed by atoms with Crippen molar-refractivity contribution in [2.45, 2.75) is 89.1 Å². The Morgan fingerprint density at radius 3 is 2.11 bits per heavy atom. The first-order valence-electron chi connectivity index (χ1n) is 8.31. The molecule has 0 bridgehead atoms. The van der Waals surface area contributed by atoms with Crippen LogP contribution in [0.1, 0.15) is 77.0 Å². The topological polar surface area (TPSA) is 55.1 Å². The largest absolute Gasteiger partial charge is 0.352 e. The predicted molar refractivity (Wildman–Crippen MR) is 78.8 cm³/mol. The van der Waals surface area contributed by atoms with E-state index in [2.05, 4.69) is 5.32 Å². The van der Waals surface area contributed by atoms with Gasteiger partial charge in [0.2, 0.25) is 5.91 Å². The number of carbonyl (C=O) groups excluding carboxylic acids is 1. The van der Waals surface area contributed by atoms with Gasteiger partial charge in [-0.3, -0.25) is 4.79 Å². The molecule has 110 valence electrons. The van der Waals surface area contributed by atoms with E-state index >= 15 is 0 Å². The maximum Gasteiger partial charge on any atom is 0.237 e. The van der Waals surface area contributed by atoms with Crippen LogP contribution < -0.4 is 11.1 Å². The van der Waals surface area contributed by atoms with Crippen LogP contribution in [-0.4, -0.2) is 18.0 Å². The fourth-order valence-corrected chi connectivity index (χ4v) is 3.62. The Labute approximate surface area is 117 Å². The van der Waals surface area contributed by atoms with Crippen LogP contribution >= 0.6 is 0 Å². The van der Waals surface area contributed by atoms with Gasteiger partial charge >= 0.3 is 0 Å². The lowest BCUT2D eigenvalue weighted by Gasteiger charge is -2.25. The Morgan fingerprint density at radius 1 is 0.947 bits per heavy atom. The standard InChI is InChI=1S/C16H30N2O/c17-15(12-13-8-4-3-5-9-13)16(19)18-14-10-6-1-2-7-11-14/h13-15H,1-12,17H2,(H,18,19). The molecule has 19 heavy (non-hydrogen) atoms. The third-order valence-electron chi connectivity index (χ3n) is 4.85. The first-order valence-corrected chi connectivity index (χ1v) is 8.31. The fourth-order valence-electron chi connectivity index (χ4n) is 3.62. The number of hydrogen-bond acceptors (Lipinski definition) is 2. The summed E-state index contributed by atoms with van der Waals surface area (Å²) in [6.07, 6.45) is 14.9. The number of rotatable bonds is 4. The van der Waals surface area contributed by atoms with E-state index in [1.165, 1.54) is 57.8 Å². The molecule has 2 saturated carbocycles.